The van der Waals surface area contributed by atoms with Gasteiger partial charge in [-0.3, -0.25) is 5.10 Å². The van der Waals surface area contributed by atoms with E-state index in [0.29, 0.717) is 6.04 Å². The van der Waals surface area contributed by atoms with Crippen LogP contribution in [0.3, 0.4) is 0 Å². The van der Waals surface area contributed by atoms with Gasteiger partial charge < -0.3 is 5.32 Å². The highest BCUT2D eigenvalue weighted by atomic mass is 32.2. The van der Waals surface area contributed by atoms with Crippen molar-refractivity contribution in [1.29, 1.82) is 0 Å². The number of aryl methyl sites for hydroxylation is 1. The van der Waals surface area contributed by atoms with Crippen molar-refractivity contribution in [2.45, 2.75) is 57.1 Å². The molecule has 0 saturated heterocycles. The summed E-state index contributed by atoms with van der Waals surface area (Å²) in [7, 11) is 0. The van der Waals surface area contributed by atoms with Gasteiger partial charge in [0.2, 0.25) is 5.16 Å². The summed E-state index contributed by atoms with van der Waals surface area (Å²) in [5.41, 5.74) is 0. The Morgan fingerprint density at radius 2 is 2.22 bits per heavy atom. The van der Waals surface area contributed by atoms with E-state index < -0.39 is 0 Å². The molecule has 1 aliphatic carbocycles. The third-order valence-corrected chi connectivity index (χ3v) is 4.56. The Hall–Kier alpha value is -0.550. The van der Waals surface area contributed by atoms with Gasteiger partial charge in [0.25, 0.3) is 0 Å². The van der Waals surface area contributed by atoms with Crippen molar-refractivity contribution in [2.75, 3.05) is 12.3 Å². The van der Waals surface area contributed by atoms with Gasteiger partial charge in [-0.05, 0) is 38.6 Å². The molecule has 102 valence electrons. The van der Waals surface area contributed by atoms with Crippen LogP contribution in [0.4, 0.5) is 0 Å². The predicted octanol–water partition coefficient (Wildman–Crippen LogP) is 2.76. The number of nitrogens with one attached hydrogen (secondary N) is 2. The van der Waals surface area contributed by atoms with Crippen LogP contribution < -0.4 is 5.32 Å². The monoisotopic (exact) mass is 268 g/mol. The average molecular weight is 268 g/mol. The number of hydrogen-bond acceptors (Lipinski definition) is 4. The zero-order valence-electron chi connectivity index (χ0n) is 11.4. The van der Waals surface area contributed by atoms with Crippen molar-refractivity contribution in [3.05, 3.63) is 5.82 Å². The maximum Gasteiger partial charge on any atom is 0.208 e. The molecule has 0 aliphatic heterocycles. The summed E-state index contributed by atoms with van der Waals surface area (Å²) in [5, 5.41) is 11.7. The fourth-order valence-electron chi connectivity index (χ4n) is 2.60. The zero-order chi connectivity index (χ0) is 12.8. The Labute approximate surface area is 114 Å². The van der Waals surface area contributed by atoms with Gasteiger partial charge in [0.05, 0.1) is 0 Å². The molecule has 18 heavy (non-hydrogen) atoms. The summed E-state index contributed by atoms with van der Waals surface area (Å²) >= 11 is 1.77. The average Bonchev–Trinajstić information content (AvgIpc) is 3.01. The van der Waals surface area contributed by atoms with Gasteiger partial charge in [-0.15, -0.1) is 5.10 Å². The summed E-state index contributed by atoms with van der Waals surface area (Å²) in [6, 6.07) is 0.622. The summed E-state index contributed by atoms with van der Waals surface area (Å²) < 4.78 is 0. The molecule has 1 saturated carbocycles. The van der Waals surface area contributed by atoms with Crippen molar-refractivity contribution in [3.8, 4) is 0 Å². The summed E-state index contributed by atoms with van der Waals surface area (Å²) in [4.78, 5) is 4.36. The van der Waals surface area contributed by atoms with E-state index in [1.54, 1.807) is 11.8 Å². The first-order valence-corrected chi connectivity index (χ1v) is 8.03. The van der Waals surface area contributed by atoms with E-state index in [0.717, 1.165) is 29.2 Å². The van der Waals surface area contributed by atoms with Crippen LogP contribution in [0.25, 0.3) is 0 Å². The molecule has 2 rings (SSSR count). The first kappa shape index (κ1) is 13.9. The number of H-pyrrole nitrogens is 1. The van der Waals surface area contributed by atoms with E-state index in [4.69, 9.17) is 0 Å². The third kappa shape index (κ3) is 3.99. The fourth-order valence-corrected chi connectivity index (χ4v) is 3.63. The number of rotatable bonds is 7. The smallest absolute Gasteiger partial charge is 0.208 e. The van der Waals surface area contributed by atoms with E-state index in [9.17, 15) is 0 Å². The minimum absolute atomic E-state index is 0.622. The number of thioether (sulfide) groups is 1. The van der Waals surface area contributed by atoms with Crippen molar-refractivity contribution >= 4 is 11.8 Å². The molecule has 2 N–H and O–H groups in total. The molecule has 0 spiro atoms. The lowest BCUT2D eigenvalue weighted by Gasteiger charge is -2.23. The van der Waals surface area contributed by atoms with Gasteiger partial charge >= 0.3 is 0 Å². The van der Waals surface area contributed by atoms with Crippen LogP contribution in [-0.4, -0.2) is 33.5 Å². The minimum atomic E-state index is 0.622. The van der Waals surface area contributed by atoms with E-state index in [-0.39, 0.29) is 0 Å². The van der Waals surface area contributed by atoms with Crippen LogP contribution in [0, 0.1) is 12.8 Å². The maximum absolute atomic E-state index is 4.36. The number of nitrogens with zero attached hydrogens (tertiary/aromatic N) is 2. The first-order valence-electron chi connectivity index (χ1n) is 7.04. The van der Waals surface area contributed by atoms with E-state index in [1.165, 1.54) is 32.1 Å². The molecule has 1 atom stereocenters. The SMILES string of the molecule is CCCNC(CSc1n[nH]c(C)n1)C1CCCC1. The van der Waals surface area contributed by atoms with Crippen molar-refractivity contribution in [1.82, 2.24) is 20.5 Å². The number of hydrogen-bond donors (Lipinski definition) is 2. The van der Waals surface area contributed by atoms with E-state index >= 15 is 0 Å². The van der Waals surface area contributed by atoms with Gasteiger partial charge in [0.1, 0.15) is 5.82 Å². The van der Waals surface area contributed by atoms with Gasteiger partial charge in [-0.2, -0.15) is 0 Å². The lowest BCUT2D eigenvalue weighted by molar-refractivity contribution is 0.387. The van der Waals surface area contributed by atoms with Crippen LogP contribution >= 0.6 is 11.8 Å². The Morgan fingerprint density at radius 3 is 2.83 bits per heavy atom. The molecule has 1 aliphatic rings. The van der Waals surface area contributed by atoms with E-state index in [2.05, 4.69) is 27.4 Å². The molecule has 0 amide bonds. The van der Waals surface area contributed by atoms with Gasteiger partial charge in [0, 0.05) is 11.8 Å². The molecule has 5 heteroatoms. The molecule has 4 nitrogen and oxygen atoms in total. The molecule has 0 radical (unpaired) electrons. The molecule has 1 fully saturated rings. The Balaban J connectivity index is 1.83. The van der Waals surface area contributed by atoms with Crippen LogP contribution in [0.2, 0.25) is 0 Å². The summed E-state index contributed by atoms with van der Waals surface area (Å²) in [6.07, 6.45) is 6.77. The Kier molecular flexibility index (Phi) is 5.50. The second-order valence-corrected chi connectivity index (χ2v) is 6.11. The van der Waals surface area contributed by atoms with Gasteiger partial charge in [-0.25, -0.2) is 4.98 Å². The first-order chi connectivity index (χ1) is 8.79. The van der Waals surface area contributed by atoms with Crippen LogP contribution in [0.15, 0.2) is 5.16 Å². The summed E-state index contributed by atoms with van der Waals surface area (Å²) in [6.45, 7) is 5.29. The standard InChI is InChI=1S/C13H24N4S/c1-3-8-14-12(11-6-4-5-7-11)9-18-13-15-10(2)16-17-13/h11-12,14H,3-9H2,1-2H3,(H,15,16,17). The van der Waals surface area contributed by atoms with Crippen LogP contribution in [0.1, 0.15) is 44.9 Å². The lowest BCUT2D eigenvalue weighted by Crippen LogP contribution is -2.37. The van der Waals surface area contributed by atoms with E-state index in [1.807, 2.05) is 6.92 Å². The Bertz CT molecular complexity index is 347. The molecule has 1 aromatic heterocycles. The summed E-state index contributed by atoms with van der Waals surface area (Å²) in [5.74, 6) is 2.84. The fraction of sp³-hybridized carbons (Fsp3) is 0.846. The molecule has 0 bridgehead atoms. The molecule has 1 unspecified atom stereocenters. The minimum Gasteiger partial charge on any atom is -0.313 e. The van der Waals surface area contributed by atoms with Gasteiger partial charge in [-0.1, -0.05) is 31.5 Å². The topological polar surface area (TPSA) is 53.6 Å². The molecule has 1 aromatic rings. The number of aromatic amines is 1. The number of aromatic nitrogens is 3. The predicted molar refractivity (Wildman–Crippen MR) is 75.9 cm³/mol. The third-order valence-electron chi connectivity index (χ3n) is 3.59. The molecular formula is C13H24N4S. The van der Waals surface area contributed by atoms with Crippen LogP contribution in [-0.2, 0) is 0 Å². The second kappa shape index (κ2) is 7.14. The zero-order valence-corrected chi connectivity index (χ0v) is 12.2. The quantitative estimate of drug-likeness (QED) is 0.747. The molecule has 0 aromatic carbocycles. The second-order valence-electron chi connectivity index (χ2n) is 5.12. The van der Waals surface area contributed by atoms with Gasteiger partial charge in [0.15, 0.2) is 0 Å². The Morgan fingerprint density at radius 1 is 1.44 bits per heavy atom. The molecule has 1 heterocycles. The van der Waals surface area contributed by atoms with Crippen molar-refractivity contribution in [3.63, 3.8) is 0 Å². The highest BCUT2D eigenvalue weighted by Gasteiger charge is 2.24. The van der Waals surface area contributed by atoms with Crippen molar-refractivity contribution < 1.29 is 0 Å². The maximum atomic E-state index is 4.36. The highest BCUT2D eigenvalue weighted by molar-refractivity contribution is 7.99. The van der Waals surface area contributed by atoms with Crippen molar-refractivity contribution in [2.24, 2.45) is 5.92 Å². The lowest BCUT2D eigenvalue weighted by atomic mass is 10.00. The van der Waals surface area contributed by atoms with Crippen LogP contribution in [0.5, 0.6) is 0 Å². The largest absolute Gasteiger partial charge is 0.313 e. The highest BCUT2D eigenvalue weighted by Crippen LogP contribution is 2.30. The normalized spacial score (nSPS) is 18.3. The molecular weight excluding hydrogens is 244 g/mol.